The lowest BCUT2D eigenvalue weighted by atomic mass is 9.92. The third kappa shape index (κ3) is 3.37. The Kier molecular flexibility index (Phi) is 4.19. The summed E-state index contributed by atoms with van der Waals surface area (Å²) in [5.74, 6) is -0.847. The Balaban J connectivity index is 2.75. The fraction of sp³-hybridized carbons (Fsp3) is 0.333. The Morgan fingerprint density at radius 2 is 2.00 bits per heavy atom. The SMILES string of the molecule is CC(C)(CNC(=O)c1ccc(N)cc1Cl)C(N)=O. The zero-order valence-corrected chi connectivity index (χ0v) is 11.0. The van der Waals surface area contributed by atoms with E-state index in [-0.39, 0.29) is 17.5 Å². The minimum atomic E-state index is -0.810. The molecule has 2 amide bonds. The van der Waals surface area contributed by atoms with E-state index in [1.165, 1.54) is 12.1 Å². The van der Waals surface area contributed by atoms with Crippen LogP contribution in [0.1, 0.15) is 24.2 Å². The maximum atomic E-state index is 11.9. The first-order valence-corrected chi connectivity index (χ1v) is 5.75. The van der Waals surface area contributed by atoms with Crippen LogP contribution in [0.2, 0.25) is 5.02 Å². The number of benzene rings is 1. The molecule has 18 heavy (non-hydrogen) atoms. The second-order valence-electron chi connectivity index (χ2n) is 4.67. The van der Waals surface area contributed by atoms with E-state index in [0.717, 1.165) is 0 Å². The Bertz CT molecular complexity index is 486. The van der Waals surface area contributed by atoms with Crippen LogP contribution in [-0.4, -0.2) is 18.4 Å². The number of hydrogen-bond acceptors (Lipinski definition) is 3. The van der Waals surface area contributed by atoms with Crippen molar-refractivity contribution in [2.75, 3.05) is 12.3 Å². The zero-order valence-electron chi connectivity index (χ0n) is 10.3. The van der Waals surface area contributed by atoms with Crippen LogP contribution in [0, 0.1) is 5.41 Å². The second-order valence-corrected chi connectivity index (χ2v) is 5.08. The van der Waals surface area contributed by atoms with Crippen LogP contribution in [0.4, 0.5) is 5.69 Å². The van der Waals surface area contributed by atoms with E-state index in [4.69, 9.17) is 23.1 Å². The van der Waals surface area contributed by atoms with Crippen LogP contribution in [-0.2, 0) is 4.79 Å². The molecule has 0 heterocycles. The summed E-state index contributed by atoms with van der Waals surface area (Å²) in [5, 5.41) is 2.88. The topological polar surface area (TPSA) is 98.2 Å². The summed E-state index contributed by atoms with van der Waals surface area (Å²) in [6.45, 7) is 3.45. The van der Waals surface area contributed by atoms with E-state index < -0.39 is 11.3 Å². The molecular formula is C12H16ClN3O2. The normalized spacial score (nSPS) is 11.1. The maximum absolute atomic E-state index is 11.9. The molecule has 0 saturated heterocycles. The molecule has 5 nitrogen and oxygen atoms in total. The van der Waals surface area contributed by atoms with Crippen LogP contribution in [0.15, 0.2) is 18.2 Å². The molecule has 0 spiro atoms. The molecule has 0 radical (unpaired) electrons. The van der Waals surface area contributed by atoms with Gasteiger partial charge >= 0.3 is 0 Å². The Morgan fingerprint density at radius 3 is 2.50 bits per heavy atom. The molecule has 1 aromatic rings. The molecule has 0 aromatic heterocycles. The van der Waals surface area contributed by atoms with Gasteiger partial charge in [-0.2, -0.15) is 0 Å². The molecule has 0 atom stereocenters. The summed E-state index contributed by atoms with van der Waals surface area (Å²) >= 11 is 5.90. The summed E-state index contributed by atoms with van der Waals surface area (Å²) in [4.78, 5) is 23.0. The van der Waals surface area contributed by atoms with Gasteiger partial charge in [0.15, 0.2) is 0 Å². The second kappa shape index (κ2) is 5.27. The highest BCUT2D eigenvalue weighted by Crippen LogP contribution is 2.19. The van der Waals surface area contributed by atoms with Crippen LogP contribution in [0.25, 0.3) is 0 Å². The van der Waals surface area contributed by atoms with Gasteiger partial charge in [0.05, 0.1) is 16.0 Å². The first kappa shape index (κ1) is 14.3. The van der Waals surface area contributed by atoms with E-state index >= 15 is 0 Å². The molecule has 6 heteroatoms. The van der Waals surface area contributed by atoms with Crippen molar-refractivity contribution in [3.05, 3.63) is 28.8 Å². The number of carbonyl (C=O) groups is 2. The lowest BCUT2D eigenvalue weighted by Gasteiger charge is -2.20. The number of nitrogen functional groups attached to an aromatic ring is 1. The molecule has 0 saturated carbocycles. The third-order valence-corrected chi connectivity index (χ3v) is 2.91. The summed E-state index contributed by atoms with van der Waals surface area (Å²) in [5.41, 5.74) is 10.7. The minimum absolute atomic E-state index is 0.141. The monoisotopic (exact) mass is 269 g/mol. The molecule has 0 aliphatic carbocycles. The van der Waals surface area contributed by atoms with Gasteiger partial charge in [-0.05, 0) is 32.0 Å². The molecule has 5 N–H and O–H groups in total. The van der Waals surface area contributed by atoms with Crippen molar-refractivity contribution in [1.82, 2.24) is 5.32 Å². The lowest BCUT2D eigenvalue weighted by Crippen LogP contribution is -2.42. The predicted octanol–water partition coefficient (Wildman–Crippen LogP) is 1.16. The van der Waals surface area contributed by atoms with Gasteiger partial charge in [-0.3, -0.25) is 9.59 Å². The van der Waals surface area contributed by atoms with Crippen molar-refractivity contribution in [2.24, 2.45) is 11.1 Å². The summed E-state index contributed by atoms with van der Waals surface area (Å²) in [6.07, 6.45) is 0. The average molecular weight is 270 g/mol. The van der Waals surface area contributed by atoms with Gasteiger partial charge < -0.3 is 16.8 Å². The number of carbonyl (C=O) groups excluding carboxylic acids is 2. The van der Waals surface area contributed by atoms with Crippen molar-refractivity contribution < 1.29 is 9.59 Å². The molecule has 1 rings (SSSR count). The number of primary amides is 1. The van der Waals surface area contributed by atoms with E-state index in [9.17, 15) is 9.59 Å². The smallest absolute Gasteiger partial charge is 0.252 e. The molecule has 0 unspecified atom stereocenters. The molecule has 1 aromatic carbocycles. The Labute approximate surface area is 110 Å². The summed E-state index contributed by atoms with van der Waals surface area (Å²) < 4.78 is 0. The standard InChI is InChI=1S/C12H16ClN3O2/c1-12(2,11(15)18)6-16-10(17)8-4-3-7(14)5-9(8)13/h3-5H,6,14H2,1-2H3,(H2,15,18)(H,16,17). The first-order valence-electron chi connectivity index (χ1n) is 5.37. The van der Waals surface area contributed by atoms with Gasteiger partial charge in [-0.15, -0.1) is 0 Å². The van der Waals surface area contributed by atoms with Crippen molar-refractivity contribution >= 4 is 29.1 Å². The number of rotatable bonds is 4. The molecular weight excluding hydrogens is 254 g/mol. The number of nitrogens with one attached hydrogen (secondary N) is 1. The number of anilines is 1. The first-order chi connectivity index (χ1) is 8.24. The van der Waals surface area contributed by atoms with Crippen molar-refractivity contribution in [1.29, 1.82) is 0 Å². The van der Waals surface area contributed by atoms with Gasteiger partial charge in [0.1, 0.15) is 0 Å². The third-order valence-electron chi connectivity index (χ3n) is 2.60. The fourth-order valence-electron chi connectivity index (χ4n) is 1.20. The zero-order chi connectivity index (χ0) is 13.9. The largest absolute Gasteiger partial charge is 0.399 e. The van der Waals surface area contributed by atoms with Crippen LogP contribution in [0.5, 0.6) is 0 Å². The van der Waals surface area contributed by atoms with Gasteiger partial charge in [0.25, 0.3) is 5.91 Å². The van der Waals surface area contributed by atoms with Gasteiger partial charge in [0.2, 0.25) is 5.91 Å². The predicted molar refractivity (Wildman–Crippen MR) is 71.2 cm³/mol. The average Bonchev–Trinajstić information content (AvgIpc) is 2.25. The molecule has 0 aliphatic heterocycles. The van der Waals surface area contributed by atoms with Crippen LogP contribution in [0.3, 0.4) is 0 Å². The fourth-order valence-corrected chi connectivity index (χ4v) is 1.47. The van der Waals surface area contributed by atoms with Gasteiger partial charge in [-0.1, -0.05) is 11.6 Å². The highest BCUT2D eigenvalue weighted by molar-refractivity contribution is 6.34. The maximum Gasteiger partial charge on any atom is 0.252 e. The molecule has 0 aliphatic rings. The number of nitrogens with two attached hydrogens (primary N) is 2. The highest BCUT2D eigenvalue weighted by atomic mass is 35.5. The Morgan fingerprint density at radius 1 is 1.39 bits per heavy atom. The highest BCUT2D eigenvalue weighted by Gasteiger charge is 2.25. The lowest BCUT2D eigenvalue weighted by molar-refractivity contribution is -0.125. The summed E-state index contributed by atoms with van der Waals surface area (Å²) in [7, 11) is 0. The van der Waals surface area contributed by atoms with Gasteiger partial charge in [-0.25, -0.2) is 0 Å². The quantitative estimate of drug-likeness (QED) is 0.716. The molecule has 0 bridgehead atoms. The number of amides is 2. The van der Waals surface area contributed by atoms with Crippen molar-refractivity contribution in [3.63, 3.8) is 0 Å². The van der Waals surface area contributed by atoms with Crippen LogP contribution >= 0.6 is 11.6 Å². The minimum Gasteiger partial charge on any atom is -0.399 e. The summed E-state index contributed by atoms with van der Waals surface area (Å²) in [6, 6.07) is 4.61. The van der Waals surface area contributed by atoms with E-state index in [2.05, 4.69) is 5.32 Å². The van der Waals surface area contributed by atoms with Crippen LogP contribution < -0.4 is 16.8 Å². The number of hydrogen-bond donors (Lipinski definition) is 3. The molecule has 0 fully saturated rings. The molecule has 98 valence electrons. The van der Waals surface area contributed by atoms with Gasteiger partial charge in [0, 0.05) is 12.2 Å². The van der Waals surface area contributed by atoms with Crippen molar-refractivity contribution in [2.45, 2.75) is 13.8 Å². The van der Waals surface area contributed by atoms with E-state index in [1.54, 1.807) is 19.9 Å². The van der Waals surface area contributed by atoms with Crippen molar-refractivity contribution in [3.8, 4) is 0 Å². The number of halogens is 1. The van der Waals surface area contributed by atoms with E-state index in [0.29, 0.717) is 11.3 Å². The Hall–Kier alpha value is -1.75. The van der Waals surface area contributed by atoms with E-state index in [1.807, 2.05) is 0 Å².